The predicted molar refractivity (Wildman–Crippen MR) is 183 cm³/mol. The average molecular weight is 602 g/mol. The highest BCUT2D eigenvalue weighted by molar-refractivity contribution is 7.51. The van der Waals surface area contributed by atoms with Crippen LogP contribution in [0.2, 0.25) is 0 Å². The first kappa shape index (κ1) is 41.1. The van der Waals surface area contributed by atoms with E-state index in [2.05, 4.69) is 39.9 Å². The van der Waals surface area contributed by atoms with Crippen molar-refractivity contribution in [1.82, 2.24) is 5.32 Å². The average Bonchev–Trinajstić information content (AvgIpc) is 2.94. The maximum Gasteiger partial charge on any atom is 0.327 e. The Bertz CT molecular complexity index is 575. The van der Waals surface area contributed by atoms with Gasteiger partial charge in [-0.3, -0.25) is 4.57 Å². The van der Waals surface area contributed by atoms with Gasteiger partial charge in [-0.05, 0) is 37.6 Å². The zero-order valence-corrected chi connectivity index (χ0v) is 29.6. The molecule has 5 heteroatoms. The van der Waals surface area contributed by atoms with E-state index in [0.717, 1.165) is 38.6 Å². The first-order chi connectivity index (χ1) is 19.8. The molecule has 0 aliphatic carbocycles. The summed E-state index contributed by atoms with van der Waals surface area (Å²) in [6.07, 6.45) is 32.9. The van der Waals surface area contributed by atoms with Crippen LogP contribution in [0.5, 0.6) is 0 Å². The number of hydrogen-bond donors (Lipinski definition) is 3. The fraction of sp³-hybridized carbons (Fsp3) is 1.00. The van der Waals surface area contributed by atoms with Gasteiger partial charge in [0.05, 0.1) is 6.16 Å². The van der Waals surface area contributed by atoms with Gasteiger partial charge < -0.3 is 15.1 Å². The molecule has 2 atom stereocenters. The summed E-state index contributed by atoms with van der Waals surface area (Å²) in [5.74, 6) is 1.06. The molecule has 0 aliphatic heterocycles. The van der Waals surface area contributed by atoms with E-state index in [1.807, 2.05) is 0 Å². The molecule has 0 heterocycles. The normalized spacial score (nSPS) is 15.2. The number of rotatable bonds is 32. The van der Waals surface area contributed by atoms with Crippen LogP contribution in [0, 0.1) is 11.8 Å². The molecule has 0 aromatic rings. The fourth-order valence-corrected chi connectivity index (χ4v) is 7.98. The van der Waals surface area contributed by atoms with Gasteiger partial charge in [0.1, 0.15) is 0 Å². The predicted octanol–water partition coefficient (Wildman–Crippen LogP) is 12.0. The van der Waals surface area contributed by atoms with Crippen LogP contribution < -0.4 is 5.32 Å². The molecule has 0 spiro atoms. The number of hydrogen-bond acceptors (Lipinski definition) is 2. The van der Waals surface area contributed by atoms with E-state index >= 15 is 0 Å². The van der Waals surface area contributed by atoms with Crippen molar-refractivity contribution in [3.8, 4) is 0 Å². The van der Waals surface area contributed by atoms with Gasteiger partial charge in [0, 0.05) is 5.54 Å². The molecular weight excluding hydrogens is 525 g/mol. The third-order valence-electron chi connectivity index (χ3n) is 9.48. The Morgan fingerprint density at radius 3 is 1.20 bits per heavy atom. The van der Waals surface area contributed by atoms with Crippen LogP contribution in [0.3, 0.4) is 0 Å². The van der Waals surface area contributed by atoms with Gasteiger partial charge in [-0.25, -0.2) is 0 Å². The Balaban J connectivity index is 4.60. The molecular formula is C36H76NO3P. The second kappa shape index (κ2) is 27.6. The monoisotopic (exact) mass is 602 g/mol. The summed E-state index contributed by atoms with van der Waals surface area (Å²) in [5.41, 5.74) is -0.447. The standard InChI is InChI=1S/C36H76NO3P/c1-6-11-14-15-16-17-18-19-20-21-22-23-24-25-26-27-30-37-36(33-41(38,39)40,31-34(9-4)28-12-7-2)32-35(10-5)29-13-8-3/h34-35,37H,6-33H2,1-5H3,(H2,38,39,40). The molecule has 0 aromatic heterocycles. The van der Waals surface area contributed by atoms with Gasteiger partial charge in [-0.2, -0.15) is 0 Å². The van der Waals surface area contributed by atoms with Crippen LogP contribution >= 0.6 is 7.60 Å². The third kappa shape index (κ3) is 25.2. The quantitative estimate of drug-likeness (QED) is 0.0530. The van der Waals surface area contributed by atoms with Crippen molar-refractivity contribution >= 4 is 7.60 Å². The summed E-state index contributed by atoms with van der Waals surface area (Å²) in [6, 6.07) is 0. The van der Waals surface area contributed by atoms with Crippen molar-refractivity contribution in [2.75, 3.05) is 12.7 Å². The van der Waals surface area contributed by atoms with Crippen molar-refractivity contribution in [1.29, 1.82) is 0 Å². The zero-order valence-electron chi connectivity index (χ0n) is 28.7. The lowest BCUT2D eigenvalue weighted by Crippen LogP contribution is -2.51. The third-order valence-corrected chi connectivity index (χ3v) is 10.5. The van der Waals surface area contributed by atoms with E-state index in [9.17, 15) is 14.4 Å². The van der Waals surface area contributed by atoms with Crippen LogP contribution in [-0.4, -0.2) is 28.0 Å². The van der Waals surface area contributed by atoms with Gasteiger partial charge >= 0.3 is 7.60 Å². The molecule has 3 N–H and O–H groups in total. The lowest BCUT2D eigenvalue weighted by atomic mass is 9.77. The van der Waals surface area contributed by atoms with Crippen molar-refractivity contribution < 1.29 is 14.4 Å². The largest absolute Gasteiger partial charge is 0.327 e. The highest BCUT2D eigenvalue weighted by Crippen LogP contribution is 2.44. The highest BCUT2D eigenvalue weighted by Gasteiger charge is 2.39. The van der Waals surface area contributed by atoms with Crippen molar-refractivity contribution in [3.05, 3.63) is 0 Å². The van der Waals surface area contributed by atoms with Crippen LogP contribution in [0.4, 0.5) is 0 Å². The molecule has 0 aliphatic rings. The first-order valence-corrected chi connectivity index (χ1v) is 20.3. The summed E-state index contributed by atoms with van der Waals surface area (Å²) in [6.45, 7) is 12.2. The summed E-state index contributed by atoms with van der Waals surface area (Å²) in [4.78, 5) is 20.4. The Kier molecular flexibility index (Phi) is 27.7. The lowest BCUT2D eigenvalue weighted by molar-refractivity contribution is 0.195. The van der Waals surface area contributed by atoms with Gasteiger partial charge in [0.15, 0.2) is 0 Å². The summed E-state index contributed by atoms with van der Waals surface area (Å²) in [5, 5.41) is 3.83. The SMILES string of the molecule is CCCCCCCCCCCCCCCCCCNC(CC(CC)CCCC)(CC(CC)CCCC)CP(=O)(O)O. The molecule has 248 valence electrons. The van der Waals surface area contributed by atoms with Crippen molar-refractivity contribution in [2.24, 2.45) is 11.8 Å². The number of nitrogens with one attached hydrogen (secondary N) is 1. The molecule has 2 unspecified atom stereocenters. The molecule has 0 saturated carbocycles. The van der Waals surface area contributed by atoms with Crippen LogP contribution in [0.15, 0.2) is 0 Å². The Morgan fingerprint density at radius 1 is 0.537 bits per heavy atom. The molecule has 0 amide bonds. The van der Waals surface area contributed by atoms with E-state index in [4.69, 9.17) is 0 Å². The van der Waals surface area contributed by atoms with E-state index in [-0.39, 0.29) is 6.16 Å². The minimum atomic E-state index is -4.13. The topological polar surface area (TPSA) is 69.6 Å². The molecule has 0 bridgehead atoms. The van der Waals surface area contributed by atoms with Crippen molar-refractivity contribution in [3.63, 3.8) is 0 Å². The van der Waals surface area contributed by atoms with Gasteiger partial charge in [0.2, 0.25) is 0 Å². The maximum absolute atomic E-state index is 12.5. The maximum atomic E-state index is 12.5. The summed E-state index contributed by atoms with van der Waals surface area (Å²) < 4.78 is 12.5. The smallest absolute Gasteiger partial charge is 0.324 e. The lowest BCUT2D eigenvalue weighted by Gasteiger charge is -2.41. The second-order valence-electron chi connectivity index (χ2n) is 13.6. The second-order valence-corrected chi connectivity index (χ2v) is 15.2. The molecule has 0 aromatic carbocycles. The van der Waals surface area contributed by atoms with Crippen LogP contribution in [-0.2, 0) is 4.57 Å². The minimum Gasteiger partial charge on any atom is -0.324 e. The van der Waals surface area contributed by atoms with E-state index in [1.54, 1.807) is 0 Å². The summed E-state index contributed by atoms with van der Waals surface area (Å²) in [7, 11) is -4.13. The van der Waals surface area contributed by atoms with Gasteiger partial charge in [-0.15, -0.1) is 0 Å². The fourth-order valence-electron chi connectivity index (χ4n) is 6.83. The van der Waals surface area contributed by atoms with Gasteiger partial charge in [-0.1, -0.05) is 182 Å². The molecule has 0 radical (unpaired) electrons. The molecule has 41 heavy (non-hydrogen) atoms. The van der Waals surface area contributed by atoms with E-state index in [1.165, 1.54) is 135 Å². The highest BCUT2D eigenvalue weighted by atomic mass is 31.2. The van der Waals surface area contributed by atoms with Crippen LogP contribution in [0.1, 0.15) is 202 Å². The Hall–Kier alpha value is 0.110. The zero-order chi connectivity index (χ0) is 30.7. The molecule has 0 rings (SSSR count). The van der Waals surface area contributed by atoms with E-state index < -0.39 is 13.1 Å². The Labute approximate surface area is 258 Å². The summed E-state index contributed by atoms with van der Waals surface area (Å²) >= 11 is 0. The van der Waals surface area contributed by atoms with Crippen LogP contribution in [0.25, 0.3) is 0 Å². The first-order valence-electron chi connectivity index (χ1n) is 18.5. The van der Waals surface area contributed by atoms with Crippen molar-refractivity contribution in [2.45, 2.75) is 207 Å². The Morgan fingerprint density at radius 2 is 0.878 bits per heavy atom. The van der Waals surface area contributed by atoms with E-state index in [0.29, 0.717) is 11.8 Å². The van der Waals surface area contributed by atoms with Gasteiger partial charge in [0.25, 0.3) is 0 Å². The number of unbranched alkanes of at least 4 members (excludes halogenated alkanes) is 17. The molecule has 0 fully saturated rings. The minimum absolute atomic E-state index is 0.00981. The molecule has 4 nitrogen and oxygen atoms in total. The molecule has 0 saturated heterocycles.